The standard InChI is InChI=1S/C24H24ClN3O6S2/c1-17-2-5-20(6-3-17)27-35(30,31)21-9-7-19(8-10-21)26-24(29)18-4-11-22(25)23(16-18)36(32,33)28-12-14-34-15-13-28/h2-11,16,27H,12-15H2,1H3,(H,26,29). The van der Waals surface area contributed by atoms with Crippen molar-refractivity contribution in [2.45, 2.75) is 16.7 Å². The van der Waals surface area contributed by atoms with E-state index in [1.165, 1.54) is 46.8 Å². The fraction of sp³-hybridized carbons (Fsp3) is 0.208. The van der Waals surface area contributed by atoms with Gasteiger partial charge in [-0.15, -0.1) is 0 Å². The molecule has 0 bridgehead atoms. The molecule has 1 saturated heterocycles. The number of anilines is 2. The van der Waals surface area contributed by atoms with E-state index in [1.54, 1.807) is 24.3 Å². The number of aryl methyl sites for hydroxylation is 1. The summed E-state index contributed by atoms with van der Waals surface area (Å²) in [5, 5.41) is 2.65. The molecule has 0 aliphatic carbocycles. The van der Waals surface area contributed by atoms with Crippen molar-refractivity contribution in [2.24, 2.45) is 0 Å². The third-order valence-electron chi connectivity index (χ3n) is 5.51. The number of carbonyl (C=O) groups is 1. The smallest absolute Gasteiger partial charge is 0.261 e. The third-order valence-corrected chi connectivity index (χ3v) is 9.28. The van der Waals surface area contributed by atoms with Gasteiger partial charge in [0.1, 0.15) is 4.90 Å². The van der Waals surface area contributed by atoms with Crippen molar-refractivity contribution in [1.82, 2.24) is 4.31 Å². The minimum Gasteiger partial charge on any atom is -0.379 e. The zero-order valence-corrected chi connectivity index (χ0v) is 21.7. The average Bonchev–Trinajstić information content (AvgIpc) is 2.86. The highest BCUT2D eigenvalue weighted by Gasteiger charge is 2.29. The summed E-state index contributed by atoms with van der Waals surface area (Å²) >= 11 is 6.16. The number of rotatable bonds is 7. The number of hydrogen-bond acceptors (Lipinski definition) is 6. The second kappa shape index (κ2) is 10.6. The van der Waals surface area contributed by atoms with Crippen LogP contribution in [0.3, 0.4) is 0 Å². The SMILES string of the molecule is Cc1ccc(NS(=O)(=O)c2ccc(NC(=O)c3ccc(Cl)c(S(=O)(=O)N4CCOCC4)c3)cc2)cc1. The molecule has 12 heteroatoms. The second-order valence-corrected chi connectivity index (χ2v) is 12.1. The molecule has 1 fully saturated rings. The van der Waals surface area contributed by atoms with Gasteiger partial charge >= 0.3 is 0 Å². The van der Waals surface area contributed by atoms with E-state index in [2.05, 4.69) is 10.0 Å². The van der Waals surface area contributed by atoms with Gasteiger partial charge in [-0.3, -0.25) is 9.52 Å². The van der Waals surface area contributed by atoms with E-state index in [0.29, 0.717) is 11.4 Å². The molecule has 2 N–H and O–H groups in total. The number of ether oxygens (including phenoxy) is 1. The van der Waals surface area contributed by atoms with Crippen molar-refractivity contribution in [3.8, 4) is 0 Å². The summed E-state index contributed by atoms with van der Waals surface area (Å²) in [5.41, 5.74) is 1.86. The van der Waals surface area contributed by atoms with Crippen LogP contribution in [0.4, 0.5) is 11.4 Å². The molecule has 0 spiro atoms. The molecule has 0 saturated carbocycles. The quantitative estimate of drug-likeness (QED) is 0.463. The topological polar surface area (TPSA) is 122 Å². The largest absolute Gasteiger partial charge is 0.379 e. The number of benzene rings is 3. The van der Waals surface area contributed by atoms with Gasteiger partial charge in [0.2, 0.25) is 10.0 Å². The molecule has 1 aliphatic rings. The molecule has 3 aromatic carbocycles. The predicted molar refractivity (Wildman–Crippen MR) is 137 cm³/mol. The Balaban J connectivity index is 1.49. The molecule has 0 aromatic heterocycles. The number of nitrogens with one attached hydrogen (secondary N) is 2. The number of morpholine rings is 1. The normalized spacial score (nSPS) is 14.8. The molecule has 36 heavy (non-hydrogen) atoms. The Labute approximate surface area is 215 Å². The average molecular weight is 550 g/mol. The van der Waals surface area contributed by atoms with Gasteiger partial charge in [-0.25, -0.2) is 16.8 Å². The molecule has 4 rings (SSSR count). The highest BCUT2D eigenvalue weighted by Crippen LogP contribution is 2.27. The molecule has 0 atom stereocenters. The lowest BCUT2D eigenvalue weighted by atomic mass is 10.2. The maximum Gasteiger partial charge on any atom is 0.261 e. The summed E-state index contributed by atoms with van der Waals surface area (Å²) in [7, 11) is -7.72. The first-order valence-electron chi connectivity index (χ1n) is 10.9. The zero-order valence-electron chi connectivity index (χ0n) is 19.3. The Morgan fingerprint density at radius 3 is 2.14 bits per heavy atom. The molecule has 1 amide bonds. The van der Waals surface area contributed by atoms with Gasteiger partial charge < -0.3 is 10.1 Å². The van der Waals surface area contributed by atoms with Crippen molar-refractivity contribution in [1.29, 1.82) is 0 Å². The molecule has 190 valence electrons. The Morgan fingerprint density at radius 1 is 0.889 bits per heavy atom. The van der Waals surface area contributed by atoms with Gasteiger partial charge in [-0.2, -0.15) is 4.31 Å². The maximum absolute atomic E-state index is 13.0. The fourth-order valence-corrected chi connectivity index (χ4v) is 6.49. The summed E-state index contributed by atoms with van der Waals surface area (Å²) in [6, 6.07) is 16.6. The highest BCUT2D eigenvalue weighted by molar-refractivity contribution is 7.92. The van der Waals surface area contributed by atoms with Crippen LogP contribution in [-0.2, 0) is 24.8 Å². The van der Waals surface area contributed by atoms with Crippen LogP contribution in [0.2, 0.25) is 5.02 Å². The first-order valence-corrected chi connectivity index (χ1v) is 14.2. The zero-order chi connectivity index (χ0) is 25.9. The van der Waals surface area contributed by atoms with Crippen LogP contribution in [0.25, 0.3) is 0 Å². The van der Waals surface area contributed by atoms with Crippen molar-refractivity contribution in [2.75, 3.05) is 36.3 Å². The Hall–Kier alpha value is -2.96. The minimum absolute atomic E-state index is 0.00804. The number of carbonyl (C=O) groups excluding carboxylic acids is 1. The molecule has 1 aliphatic heterocycles. The number of hydrogen-bond donors (Lipinski definition) is 2. The van der Waals surface area contributed by atoms with Gasteiger partial charge in [0.05, 0.1) is 23.1 Å². The number of sulfonamides is 2. The Kier molecular flexibility index (Phi) is 7.67. The lowest BCUT2D eigenvalue weighted by Gasteiger charge is -2.26. The van der Waals surface area contributed by atoms with Crippen molar-refractivity contribution >= 4 is 48.9 Å². The molecule has 9 nitrogen and oxygen atoms in total. The van der Waals surface area contributed by atoms with Gasteiger partial charge in [0.25, 0.3) is 15.9 Å². The van der Waals surface area contributed by atoms with E-state index in [4.69, 9.17) is 16.3 Å². The summed E-state index contributed by atoms with van der Waals surface area (Å²) in [4.78, 5) is 12.7. The molecule has 0 radical (unpaired) electrons. The highest BCUT2D eigenvalue weighted by atomic mass is 35.5. The summed E-state index contributed by atoms with van der Waals surface area (Å²) < 4.78 is 60.3. The van der Waals surface area contributed by atoms with Crippen molar-refractivity contribution in [3.63, 3.8) is 0 Å². The number of nitrogens with zero attached hydrogens (tertiary/aromatic N) is 1. The second-order valence-electron chi connectivity index (χ2n) is 8.11. The van der Waals surface area contributed by atoms with Crippen LogP contribution in [0.1, 0.15) is 15.9 Å². The maximum atomic E-state index is 13.0. The summed E-state index contributed by atoms with van der Waals surface area (Å²) in [6.07, 6.45) is 0. The van der Waals surface area contributed by atoms with Gasteiger partial charge in [-0.05, 0) is 61.5 Å². The molecular formula is C24H24ClN3O6S2. The van der Waals surface area contributed by atoms with Crippen molar-refractivity contribution < 1.29 is 26.4 Å². The predicted octanol–water partition coefficient (Wildman–Crippen LogP) is 3.72. The Morgan fingerprint density at radius 2 is 1.50 bits per heavy atom. The monoisotopic (exact) mass is 549 g/mol. The summed E-state index contributed by atoms with van der Waals surface area (Å²) in [5.74, 6) is -0.571. The van der Waals surface area contributed by atoms with Gasteiger partial charge in [0, 0.05) is 30.0 Å². The third kappa shape index (κ3) is 5.88. The van der Waals surface area contributed by atoms with E-state index in [0.717, 1.165) is 5.56 Å². The van der Waals surface area contributed by atoms with E-state index < -0.39 is 26.0 Å². The lowest BCUT2D eigenvalue weighted by molar-refractivity contribution is 0.0730. The number of halogens is 1. The molecule has 1 heterocycles. The summed E-state index contributed by atoms with van der Waals surface area (Å²) in [6.45, 7) is 2.86. The van der Waals surface area contributed by atoms with E-state index >= 15 is 0 Å². The Bertz CT molecular complexity index is 1470. The van der Waals surface area contributed by atoms with Crippen LogP contribution >= 0.6 is 11.6 Å². The van der Waals surface area contributed by atoms with E-state index in [9.17, 15) is 21.6 Å². The van der Waals surface area contributed by atoms with Crippen LogP contribution in [0, 0.1) is 6.92 Å². The first-order chi connectivity index (χ1) is 17.1. The van der Waals surface area contributed by atoms with Crippen LogP contribution in [0.5, 0.6) is 0 Å². The van der Waals surface area contributed by atoms with Crippen molar-refractivity contribution in [3.05, 3.63) is 82.9 Å². The number of amides is 1. The fourth-order valence-electron chi connectivity index (χ4n) is 3.52. The van der Waals surface area contributed by atoms with E-state index in [1.807, 2.05) is 6.92 Å². The molecular weight excluding hydrogens is 526 g/mol. The molecule has 0 unspecified atom stereocenters. The van der Waals surface area contributed by atoms with Crippen LogP contribution in [0.15, 0.2) is 76.5 Å². The first kappa shape index (κ1) is 26.1. The van der Waals surface area contributed by atoms with Gasteiger partial charge in [0.15, 0.2) is 0 Å². The molecule has 3 aromatic rings. The van der Waals surface area contributed by atoms with Crippen LogP contribution < -0.4 is 10.0 Å². The van der Waals surface area contributed by atoms with E-state index in [-0.39, 0.29) is 46.7 Å². The lowest BCUT2D eigenvalue weighted by Crippen LogP contribution is -2.40. The minimum atomic E-state index is -3.90. The van der Waals surface area contributed by atoms with Gasteiger partial charge in [-0.1, -0.05) is 29.3 Å². The van der Waals surface area contributed by atoms with Crippen LogP contribution in [-0.4, -0.2) is 53.4 Å².